The van der Waals surface area contributed by atoms with Crippen LogP contribution in [0.4, 0.5) is 0 Å². The van der Waals surface area contributed by atoms with Crippen molar-refractivity contribution in [1.29, 1.82) is 0 Å². The molecule has 1 heteroatoms. The van der Waals surface area contributed by atoms with E-state index in [0.29, 0.717) is 6.61 Å². The summed E-state index contributed by atoms with van der Waals surface area (Å²) in [6, 6.07) is 0. The third kappa shape index (κ3) is 1.34. The molecular weight excluding hydrogens is 136 g/mol. The normalized spacial score (nSPS) is 41.4. The van der Waals surface area contributed by atoms with E-state index in [2.05, 4.69) is 12.2 Å². The Balaban J connectivity index is 2.00. The summed E-state index contributed by atoms with van der Waals surface area (Å²) in [4.78, 5) is 0. The summed E-state index contributed by atoms with van der Waals surface area (Å²) in [5.41, 5.74) is 0. The van der Waals surface area contributed by atoms with Crippen molar-refractivity contribution in [1.82, 2.24) is 0 Å². The molecule has 0 amide bonds. The number of hydrogen-bond donors (Lipinski definition) is 1. The van der Waals surface area contributed by atoms with E-state index in [1.807, 2.05) is 0 Å². The van der Waals surface area contributed by atoms with Crippen LogP contribution in [-0.4, -0.2) is 11.7 Å². The molecule has 1 N–H and O–H groups in total. The van der Waals surface area contributed by atoms with Gasteiger partial charge in [-0.3, -0.25) is 0 Å². The van der Waals surface area contributed by atoms with Gasteiger partial charge in [0.15, 0.2) is 0 Å². The van der Waals surface area contributed by atoms with Gasteiger partial charge in [-0.1, -0.05) is 12.2 Å². The van der Waals surface area contributed by atoms with Crippen LogP contribution in [0.25, 0.3) is 0 Å². The number of aliphatic hydroxyl groups is 1. The smallest absolute Gasteiger partial charge is 0.0433 e. The van der Waals surface area contributed by atoms with Crippen molar-refractivity contribution in [3.8, 4) is 0 Å². The highest BCUT2D eigenvalue weighted by atomic mass is 16.3. The Labute approximate surface area is 68.1 Å². The SMILES string of the molecule is OCCC1CC2C=CC1CC2. The maximum atomic E-state index is 8.82. The molecule has 3 aliphatic carbocycles. The van der Waals surface area contributed by atoms with Crippen LogP contribution in [0.15, 0.2) is 12.2 Å². The van der Waals surface area contributed by atoms with Crippen molar-refractivity contribution < 1.29 is 5.11 Å². The maximum absolute atomic E-state index is 8.82. The van der Waals surface area contributed by atoms with Gasteiger partial charge in [-0.2, -0.15) is 0 Å². The molecule has 0 saturated heterocycles. The summed E-state index contributed by atoms with van der Waals surface area (Å²) in [7, 11) is 0. The second kappa shape index (κ2) is 2.98. The highest BCUT2D eigenvalue weighted by Crippen LogP contribution is 2.41. The molecule has 3 aliphatic rings. The maximum Gasteiger partial charge on any atom is 0.0433 e. The van der Waals surface area contributed by atoms with E-state index >= 15 is 0 Å². The second-order valence-electron chi connectivity index (χ2n) is 3.89. The topological polar surface area (TPSA) is 20.2 Å². The molecule has 0 aliphatic heterocycles. The minimum absolute atomic E-state index is 0.377. The van der Waals surface area contributed by atoms with Crippen LogP contribution in [0.1, 0.15) is 25.7 Å². The predicted octanol–water partition coefficient (Wildman–Crippen LogP) is 1.97. The lowest BCUT2D eigenvalue weighted by atomic mass is 9.68. The first-order valence-corrected chi connectivity index (χ1v) is 4.69. The number of allylic oxidation sites excluding steroid dienone is 2. The Kier molecular flexibility index (Phi) is 1.99. The highest BCUT2D eigenvalue weighted by Gasteiger charge is 2.30. The zero-order valence-electron chi connectivity index (χ0n) is 6.87. The third-order valence-corrected chi connectivity index (χ3v) is 3.21. The molecule has 3 atom stereocenters. The van der Waals surface area contributed by atoms with Crippen molar-refractivity contribution >= 4 is 0 Å². The Bertz CT molecular complexity index is 162. The average molecular weight is 152 g/mol. The first-order valence-electron chi connectivity index (χ1n) is 4.69. The monoisotopic (exact) mass is 152 g/mol. The van der Waals surface area contributed by atoms with Gasteiger partial charge in [-0.25, -0.2) is 0 Å². The lowest BCUT2D eigenvalue weighted by Crippen LogP contribution is -2.27. The van der Waals surface area contributed by atoms with Crippen LogP contribution in [-0.2, 0) is 0 Å². The largest absolute Gasteiger partial charge is 0.396 e. The van der Waals surface area contributed by atoms with E-state index in [-0.39, 0.29) is 0 Å². The molecule has 0 heterocycles. The molecule has 0 spiro atoms. The summed E-state index contributed by atoms with van der Waals surface area (Å²) in [5.74, 6) is 2.44. The molecule has 1 fully saturated rings. The first kappa shape index (κ1) is 7.35. The third-order valence-electron chi connectivity index (χ3n) is 3.21. The highest BCUT2D eigenvalue weighted by molar-refractivity contribution is 5.05. The van der Waals surface area contributed by atoms with Crippen LogP contribution < -0.4 is 0 Å². The molecule has 0 radical (unpaired) electrons. The predicted molar refractivity (Wildman–Crippen MR) is 45.2 cm³/mol. The fourth-order valence-electron chi connectivity index (χ4n) is 2.55. The number of hydrogen-bond acceptors (Lipinski definition) is 1. The van der Waals surface area contributed by atoms with E-state index in [0.717, 1.165) is 24.2 Å². The Morgan fingerprint density at radius 3 is 2.64 bits per heavy atom. The van der Waals surface area contributed by atoms with Crippen molar-refractivity contribution in [2.45, 2.75) is 25.7 Å². The van der Waals surface area contributed by atoms with E-state index in [4.69, 9.17) is 5.11 Å². The minimum atomic E-state index is 0.377. The van der Waals surface area contributed by atoms with Crippen molar-refractivity contribution in [3.63, 3.8) is 0 Å². The van der Waals surface area contributed by atoms with Crippen LogP contribution >= 0.6 is 0 Å². The molecule has 3 unspecified atom stereocenters. The fourth-order valence-corrected chi connectivity index (χ4v) is 2.55. The van der Waals surface area contributed by atoms with Gasteiger partial charge >= 0.3 is 0 Å². The molecule has 1 saturated carbocycles. The lowest BCUT2D eigenvalue weighted by molar-refractivity contribution is 0.168. The van der Waals surface area contributed by atoms with Gasteiger partial charge in [0.2, 0.25) is 0 Å². The molecule has 0 aromatic rings. The summed E-state index contributed by atoms with van der Waals surface area (Å²) in [6.45, 7) is 0.377. The van der Waals surface area contributed by atoms with Crippen molar-refractivity contribution in [2.75, 3.05) is 6.61 Å². The Hall–Kier alpha value is -0.300. The Morgan fingerprint density at radius 1 is 1.27 bits per heavy atom. The molecule has 0 aromatic heterocycles. The molecule has 0 aromatic carbocycles. The van der Waals surface area contributed by atoms with Crippen molar-refractivity contribution in [2.24, 2.45) is 17.8 Å². The quantitative estimate of drug-likeness (QED) is 0.600. The van der Waals surface area contributed by atoms with Gasteiger partial charge in [-0.15, -0.1) is 0 Å². The fraction of sp³-hybridized carbons (Fsp3) is 0.800. The number of fused-ring (bicyclic) bond motifs is 2. The molecule has 11 heavy (non-hydrogen) atoms. The standard InChI is InChI=1S/C10H16O/c11-6-5-10-7-8-1-3-9(10)4-2-8/h1,3,8-11H,2,4-7H2. The Morgan fingerprint density at radius 2 is 2.18 bits per heavy atom. The van der Waals surface area contributed by atoms with E-state index in [1.165, 1.54) is 19.3 Å². The zero-order chi connectivity index (χ0) is 7.68. The number of rotatable bonds is 2. The summed E-state index contributed by atoms with van der Waals surface area (Å²) in [5, 5.41) is 8.82. The van der Waals surface area contributed by atoms with Gasteiger partial charge in [0.1, 0.15) is 0 Å². The molecule has 1 nitrogen and oxygen atoms in total. The molecular formula is C10H16O. The van der Waals surface area contributed by atoms with Gasteiger partial charge in [0.25, 0.3) is 0 Å². The minimum Gasteiger partial charge on any atom is -0.396 e. The molecule has 3 rings (SSSR count). The zero-order valence-corrected chi connectivity index (χ0v) is 6.87. The molecule has 62 valence electrons. The second-order valence-corrected chi connectivity index (χ2v) is 3.89. The average Bonchev–Trinajstić information content (AvgIpc) is 2.07. The summed E-state index contributed by atoms with van der Waals surface area (Å²) >= 11 is 0. The van der Waals surface area contributed by atoms with Gasteiger partial charge in [0.05, 0.1) is 0 Å². The van der Waals surface area contributed by atoms with E-state index in [1.54, 1.807) is 0 Å². The van der Waals surface area contributed by atoms with E-state index in [9.17, 15) is 0 Å². The van der Waals surface area contributed by atoms with Crippen molar-refractivity contribution in [3.05, 3.63) is 12.2 Å². The van der Waals surface area contributed by atoms with Gasteiger partial charge < -0.3 is 5.11 Å². The number of aliphatic hydroxyl groups excluding tert-OH is 1. The summed E-state index contributed by atoms with van der Waals surface area (Å²) in [6.07, 6.45) is 9.86. The first-order chi connectivity index (χ1) is 5.40. The van der Waals surface area contributed by atoms with Crippen LogP contribution in [0.2, 0.25) is 0 Å². The van der Waals surface area contributed by atoms with E-state index < -0.39 is 0 Å². The van der Waals surface area contributed by atoms with Gasteiger partial charge in [-0.05, 0) is 43.4 Å². The van der Waals surface area contributed by atoms with Crippen LogP contribution in [0.5, 0.6) is 0 Å². The van der Waals surface area contributed by atoms with Crippen LogP contribution in [0, 0.1) is 17.8 Å². The lowest BCUT2D eigenvalue weighted by Gasteiger charge is -2.37. The van der Waals surface area contributed by atoms with Gasteiger partial charge in [0, 0.05) is 6.61 Å². The van der Waals surface area contributed by atoms with Crippen LogP contribution in [0.3, 0.4) is 0 Å². The summed E-state index contributed by atoms with van der Waals surface area (Å²) < 4.78 is 0. The molecule has 2 bridgehead atoms.